The summed E-state index contributed by atoms with van der Waals surface area (Å²) in [5.41, 5.74) is 1.81. The van der Waals surface area contributed by atoms with Gasteiger partial charge in [-0.1, -0.05) is 36.9 Å². The minimum atomic E-state index is -0.102. The molecule has 0 bridgehead atoms. The lowest BCUT2D eigenvalue weighted by molar-refractivity contribution is -0.113. The molecule has 3 N–H and O–H groups in total. The molecular formula is C19H19N5OS4. The molecule has 0 aliphatic rings. The van der Waals surface area contributed by atoms with Gasteiger partial charge in [0.05, 0.1) is 5.75 Å². The second-order valence-electron chi connectivity index (χ2n) is 5.62. The minimum absolute atomic E-state index is 0.102. The molecule has 0 spiro atoms. The van der Waals surface area contributed by atoms with Gasteiger partial charge in [0, 0.05) is 27.8 Å². The molecule has 6 nitrogen and oxygen atoms in total. The zero-order chi connectivity index (χ0) is 20.5. The van der Waals surface area contributed by atoms with Gasteiger partial charge in [0.25, 0.3) is 0 Å². The number of rotatable bonds is 8. The number of anilines is 3. The summed E-state index contributed by atoms with van der Waals surface area (Å²) >= 11 is 9.53. The lowest BCUT2D eigenvalue weighted by Crippen LogP contribution is -2.18. The summed E-state index contributed by atoms with van der Waals surface area (Å²) in [6.45, 7) is 2.04. The monoisotopic (exact) mass is 461 g/mol. The van der Waals surface area contributed by atoms with Gasteiger partial charge >= 0.3 is 0 Å². The Morgan fingerprint density at radius 1 is 1.00 bits per heavy atom. The van der Waals surface area contributed by atoms with E-state index in [1.54, 1.807) is 11.8 Å². The first-order valence-corrected chi connectivity index (χ1v) is 11.9. The summed E-state index contributed by atoms with van der Waals surface area (Å²) in [6, 6.07) is 17.5. The van der Waals surface area contributed by atoms with Gasteiger partial charge in [-0.2, -0.15) is 9.36 Å². The zero-order valence-corrected chi connectivity index (χ0v) is 18.8. The van der Waals surface area contributed by atoms with Crippen LogP contribution in [0.2, 0.25) is 0 Å². The Morgan fingerprint density at radius 3 is 2.38 bits per heavy atom. The van der Waals surface area contributed by atoms with Crippen LogP contribution in [0.5, 0.6) is 0 Å². The van der Waals surface area contributed by atoms with Crippen molar-refractivity contribution in [1.29, 1.82) is 0 Å². The van der Waals surface area contributed by atoms with Crippen molar-refractivity contribution in [2.75, 3.05) is 27.5 Å². The molecule has 0 unspecified atom stereocenters. The van der Waals surface area contributed by atoms with Crippen LogP contribution in [0.25, 0.3) is 0 Å². The average Bonchev–Trinajstić information content (AvgIpc) is 3.15. The number of thiocarbonyl (C=S) groups is 1. The fourth-order valence-electron chi connectivity index (χ4n) is 2.20. The third-order valence-corrected chi connectivity index (χ3v) is 6.13. The highest BCUT2D eigenvalue weighted by Crippen LogP contribution is 2.22. The van der Waals surface area contributed by atoms with Crippen molar-refractivity contribution in [3.05, 3.63) is 54.6 Å². The highest BCUT2D eigenvalue weighted by molar-refractivity contribution is 8.00. The molecule has 1 aromatic heterocycles. The van der Waals surface area contributed by atoms with Crippen molar-refractivity contribution >= 4 is 74.8 Å². The summed E-state index contributed by atoms with van der Waals surface area (Å²) in [5, 5.41) is 10.8. The van der Waals surface area contributed by atoms with Crippen LogP contribution in [0.3, 0.4) is 0 Å². The first kappa shape index (κ1) is 21.6. The Balaban J connectivity index is 1.43. The number of hydrogen-bond donors (Lipinski definition) is 3. The Kier molecular flexibility index (Phi) is 8.29. The number of benzene rings is 2. The number of thioether (sulfide) groups is 2. The van der Waals surface area contributed by atoms with Crippen LogP contribution in [-0.2, 0) is 4.79 Å². The normalized spacial score (nSPS) is 10.4. The second kappa shape index (κ2) is 11.1. The van der Waals surface area contributed by atoms with Crippen LogP contribution in [0.15, 0.2) is 64.6 Å². The van der Waals surface area contributed by atoms with E-state index in [0.717, 1.165) is 22.0 Å². The maximum absolute atomic E-state index is 12.1. The quantitative estimate of drug-likeness (QED) is 0.312. The number of carbonyl (C=O) groups excluding carboxylic acids is 1. The molecule has 0 radical (unpaired) electrons. The highest BCUT2D eigenvalue weighted by Gasteiger charge is 2.09. The van der Waals surface area contributed by atoms with Crippen LogP contribution in [0, 0.1) is 0 Å². The van der Waals surface area contributed by atoms with Crippen LogP contribution in [-0.4, -0.2) is 31.9 Å². The Hall–Kier alpha value is -2.14. The number of para-hydroxylation sites is 1. The van der Waals surface area contributed by atoms with Crippen molar-refractivity contribution in [2.45, 2.75) is 17.0 Å². The van der Waals surface area contributed by atoms with E-state index in [1.807, 2.05) is 61.5 Å². The highest BCUT2D eigenvalue weighted by atomic mass is 32.2. The molecule has 10 heteroatoms. The number of carbonyl (C=O) groups is 1. The van der Waals surface area contributed by atoms with Crippen molar-refractivity contribution in [3.8, 4) is 0 Å². The number of aromatic nitrogens is 2. The number of amides is 1. The van der Waals surface area contributed by atoms with E-state index in [1.165, 1.54) is 23.3 Å². The Labute approximate surface area is 187 Å². The molecule has 0 aliphatic heterocycles. The third kappa shape index (κ3) is 7.32. The standard InChI is InChI=1S/C19H19N5OS4/c1-2-27-19-23-18(29-24-19)22-16(25)12-28-15-10-8-14(9-11-15)21-17(26)20-13-6-4-3-5-7-13/h3-11H,2,12H2,1H3,(H2,20,21,26)(H,22,23,24,25). The van der Waals surface area contributed by atoms with E-state index in [0.29, 0.717) is 21.2 Å². The largest absolute Gasteiger partial charge is 0.332 e. The molecule has 0 atom stereocenters. The molecule has 150 valence electrons. The molecular weight excluding hydrogens is 443 g/mol. The summed E-state index contributed by atoms with van der Waals surface area (Å²) in [5.74, 6) is 1.10. The molecule has 0 saturated carbocycles. The first-order valence-electron chi connectivity index (χ1n) is 8.74. The van der Waals surface area contributed by atoms with E-state index in [4.69, 9.17) is 12.2 Å². The van der Waals surface area contributed by atoms with Crippen LogP contribution in [0.1, 0.15) is 6.92 Å². The third-order valence-electron chi connectivity index (χ3n) is 3.44. The van der Waals surface area contributed by atoms with E-state index >= 15 is 0 Å². The Morgan fingerprint density at radius 2 is 1.69 bits per heavy atom. The molecule has 0 aliphatic carbocycles. The van der Waals surface area contributed by atoms with Gasteiger partial charge in [0.1, 0.15) is 0 Å². The lowest BCUT2D eigenvalue weighted by atomic mass is 10.3. The zero-order valence-electron chi connectivity index (χ0n) is 15.5. The molecule has 29 heavy (non-hydrogen) atoms. The summed E-state index contributed by atoms with van der Waals surface area (Å²) < 4.78 is 4.19. The van der Waals surface area contributed by atoms with E-state index < -0.39 is 0 Å². The second-order valence-corrected chi connectivity index (χ2v) is 9.06. The van der Waals surface area contributed by atoms with Gasteiger partial charge < -0.3 is 10.6 Å². The maximum Gasteiger partial charge on any atom is 0.236 e. The summed E-state index contributed by atoms with van der Waals surface area (Å²) in [4.78, 5) is 17.4. The molecule has 1 amide bonds. The van der Waals surface area contributed by atoms with E-state index in [9.17, 15) is 4.79 Å². The molecule has 2 aromatic carbocycles. The molecule has 0 saturated heterocycles. The average molecular weight is 462 g/mol. The van der Waals surface area contributed by atoms with Gasteiger partial charge in [-0.05, 0) is 54.4 Å². The minimum Gasteiger partial charge on any atom is -0.332 e. The van der Waals surface area contributed by atoms with Gasteiger partial charge in [0.15, 0.2) is 5.11 Å². The van der Waals surface area contributed by atoms with E-state index in [-0.39, 0.29) is 5.91 Å². The number of hydrogen-bond acceptors (Lipinski definition) is 7. The SMILES string of the molecule is CCSc1nsc(NC(=O)CSc2ccc(NC(=S)Nc3ccccc3)cc2)n1. The fourth-order valence-corrected chi connectivity index (χ4v) is 4.42. The van der Waals surface area contributed by atoms with E-state index in [2.05, 4.69) is 25.3 Å². The lowest BCUT2D eigenvalue weighted by Gasteiger charge is -2.11. The predicted octanol–water partition coefficient (Wildman–Crippen LogP) is 5.19. The van der Waals surface area contributed by atoms with Crippen LogP contribution in [0.4, 0.5) is 16.5 Å². The number of nitrogens with zero attached hydrogens (tertiary/aromatic N) is 2. The topological polar surface area (TPSA) is 78.9 Å². The molecule has 0 fully saturated rings. The van der Waals surface area contributed by atoms with Gasteiger partial charge in [-0.3, -0.25) is 10.1 Å². The van der Waals surface area contributed by atoms with Crippen molar-refractivity contribution in [3.63, 3.8) is 0 Å². The maximum atomic E-state index is 12.1. The van der Waals surface area contributed by atoms with Crippen LogP contribution >= 0.6 is 47.3 Å². The van der Waals surface area contributed by atoms with Crippen LogP contribution < -0.4 is 16.0 Å². The predicted molar refractivity (Wildman–Crippen MR) is 128 cm³/mol. The fraction of sp³-hybridized carbons (Fsp3) is 0.158. The smallest absolute Gasteiger partial charge is 0.236 e. The summed E-state index contributed by atoms with van der Waals surface area (Å²) in [7, 11) is 0. The molecule has 1 heterocycles. The molecule has 3 rings (SSSR count). The van der Waals surface area contributed by atoms with Gasteiger partial charge in [0.2, 0.25) is 16.2 Å². The van der Waals surface area contributed by atoms with Gasteiger partial charge in [-0.25, -0.2) is 0 Å². The molecule has 3 aromatic rings. The number of nitrogens with one attached hydrogen (secondary N) is 3. The van der Waals surface area contributed by atoms with Gasteiger partial charge in [-0.15, -0.1) is 11.8 Å². The van der Waals surface area contributed by atoms with Crippen molar-refractivity contribution in [1.82, 2.24) is 9.36 Å². The summed E-state index contributed by atoms with van der Waals surface area (Å²) in [6.07, 6.45) is 0. The first-order chi connectivity index (χ1) is 14.1. The Bertz CT molecular complexity index is 947. The van der Waals surface area contributed by atoms with Crippen molar-refractivity contribution in [2.24, 2.45) is 0 Å². The van der Waals surface area contributed by atoms with Crippen molar-refractivity contribution < 1.29 is 4.79 Å².